The number of benzene rings is 2. The minimum Gasteiger partial charge on any atom is -0.492 e. The number of aryl methyl sites for hydroxylation is 1. The molecule has 0 aliphatic heterocycles. The zero-order valence-corrected chi connectivity index (χ0v) is 12.2. The molecule has 21 heavy (non-hydrogen) atoms. The topological polar surface area (TPSA) is 48.7 Å². The van der Waals surface area contributed by atoms with Crippen LogP contribution in [-0.4, -0.2) is 19.7 Å². The molecule has 0 saturated carbocycles. The van der Waals surface area contributed by atoms with Crippen LogP contribution in [0.15, 0.2) is 34.9 Å². The van der Waals surface area contributed by atoms with Crippen LogP contribution in [-0.2, 0) is 4.74 Å². The number of carbonyl (C=O) groups excluding carboxylic acids is 1. The lowest BCUT2D eigenvalue weighted by Gasteiger charge is -2.08. The van der Waals surface area contributed by atoms with Gasteiger partial charge in [-0.2, -0.15) is 0 Å². The second kappa shape index (κ2) is 5.13. The number of rotatable bonds is 3. The Bertz CT molecular complexity index is 830. The van der Waals surface area contributed by atoms with E-state index in [4.69, 9.17) is 13.9 Å². The van der Waals surface area contributed by atoms with Crippen LogP contribution in [0.5, 0.6) is 5.75 Å². The molecular formula is C17H16O4. The summed E-state index contributed by atoms with van der Waals surface area (Å²) in [4.78, 5) is 12.0. The van der Waals surface area contributed by atoms with Crippen LogP contribution >= 0.6 is 0 Å². The monoisotopic (exact) mass is 284 g/mol. The number of hydrogen-bond acceptors (Lipinski definition) is 4. The molecule has 0 saturated heterocycles. The van der Waals surface area contributed by atoms with Crippen LogP contribution in [0.3, 0.4) is 0 Å². The minimum absolute atomic E-state index is 0.329. The summed E-state index contributed by atoms with van der Waals surface area (Å²) in [5, 5.41) is 2.72. The normalized spacial score (nSPS) is 11.0. The van der Waals surface area contributed by atoms with Gasteiger partial charge in [-0.15, -0.1) is 0 Å². The first-order chi connectivity index (χ1) is 10.2. The predicted octanol–water partition coefficient (Wildman–Crippen LogP) is 4.08. The molecule has 0 unspecified atom stereocenters. The summed E-state index contributed by atoms with van der Waals surface area (Å²) in [6, 6.07) is 7.93. The first-order valence-corrected chi connectivity index (χ1v) is 6.82. The maximum atomic E-state index is 12.0. The molecule has 4 heteroatoms. The average molecular weight is 284 g/mol. The van der Waals surface area contributed by atoms with Gasteiger partial charge in [0.2, 0.25) is 0 Å². The van der Waals surface area contributed by atoms with Crippen molar-refractivity contribution >= 4 is 27.7 Å². The van der Waals surface area contributed by atoms with Crippen molar-refractivity contribution in [3.8, 4) is 5.75 Å². The molecule has 0 N–H and O–H groups in total. The van der Waals surface area contributed by atoms with E-state index in [0.29, 0.717) is 28.9 Å². The van der Waals surface area contributed by atoms with E-state index in [1.165, 1.54) is 6.26 Å². The Kier molecular flexibility index (Phi) is 3.29. The van der Waals surface area contributed by atoms with Crippen molar-refractivity contribution in [2.75, 3.05) is 13.7 Å². The maximum Gasteiger partial charge on any atom is 0.342 e. The smallest absolute Gasteiger partial charge is 0.342 e. The highest BCUT2D eigenvalue weighted by Gasteiger charge is 2.20. The summed E-state index contributed by atoms with van der Waals surface area (Å²) in [7, 11) is 1.60. The van der Waals surface area contributed by atoms with Crippen molar-refractivity contribution in [1.29, 1.82) is 0 Å². The van der Waals surface area contributed by atoms with Crippen molar-refractivity contribution in [3.05, 3.63) is 41.7 Å². The van der Waals surface area contributed by atoms with Crippen LogP contribution in [0.1, 0.15) is 22.8 Å². The highest BCUT2D eigenvalue weighted by Crippen LogP contribution is 2.38. The van der Waals surface area contributed by atoms with Gasteiger partial charge < -0.3 is 13.9 Å². The van der Waals surface area contributed by atoms with Gasteiger partial charge in [-0.3, -0.25) is 0 Å². The third-order valence-electron chi connectivity index (χ3n) is 3.59. The molecule has 3 rings (SSSR count). The zero-order chi connectivity index (χ0) is 15.0. The molecule has 3 aromatic rings. The Morgan fingerprint density at radius 3 is 2.76 bits per heavy atom. The third kappa shape index (κ3) is 2.03. The van der Waals surface area contributed by atoms with E-state index in [-0.39, 0.29) is 5.97 Å². The zero-order valence-electron chi connectivity index (χ0n) is 12.2. The van der Waals surface area contributed by atoms with Gasteiger partial charge in [-0.05, 0) is 30.9 Å². The largest absolute Gasteiger partial charge is 0.492 e. The first-order valence-electron chi connectivity index (χ1n) is 6.82. The molecular weight excluding hydrogens is 268 g/mol. The molecule has 108 valence electrons. The number of hydrogen-bond donors (Lipinski definition) is 0. The second-order valence-corrected chi connectivity index (χ2v) is 4.83. The van der Waals surface area contributed by atoms with Gasteiger partial charge in [0.1, 0.15) is 11.8 Å². The van der Waals surface area contributed by atoms with E-state index < -0.39 is 0 Å². The van der Waals surface area contributed by atoms with Gasteiger partial charge in [0.05, 0.1) is 13.7 Å². The lowest BCUT2D eigenvalue weighted by molar-refractivity contribution is 0.0527. The van der Waals surface area contributed by atoms with Gasteiger partial charge in [0.25, 0.3) is 0 Å². The minimum atomic E-state index is -0.383. The molecule has 0 aliphatic rings. The van der Waals surface area contributed by atoms with E-state index in [9.17, 15) is 4.79 Å². The molecule has 0 atom stereocenters. The van der Waals surface area contributed by atoms with E-state index in [2.05, 4.69) is 0 Å². The number of esters is 1. The van der Waals surface area contributed by atoms with E-state index in [1.54, 1.807) is 14.0 Å². The third-order valence-corrected chi connectivity index (χ3v) is 3.59. The van der Waals surface area contributed by atoms with Crippen molar-refractivity contribution < 1.29 is 18.7 Å². The standard InChI is InChI=1S/C17H16O4/c1-4-20-17(18)14-9-21-16-13(14)8-12-10(2)6-5-7-11(12)15(16)19-3/h5-9H,4H2,1-3H3. The van der Waals surface area contributed by atoms with Gasteiger partial charge in [-0.25, -0.2) is 4.79 Å². The molecule has 1 heterocycles. The van der Waals surface area contributed by atoms with Crippen LogP contribution in [0.2, 0.25) is 0 Å². The molecule has 0 amide bonds. The summed E-state index contributed by atoms with van der Waals surface area (Å²) in [5.41, 5.74) is 2.11. The molecule has 2 aromatic carbocycles. The highest BCUT2D eigenvalue weighted by atomic mass is 16.5. The Morgan fingerprint density at radius 1 is 1.24 bits per heavy atom. The van der Waals surface area contributed by atoms with Gasteiger partial charge in [0.15, 0.2) is 11.3 Å². The number of methoxy groups -OCH3 is 1. The summed E-state index contributed by atoms with van der Waals surface area (Å²) in [6.45, 7) is 4.13. The fourth-order valence-electron chi connectivity index (χ4n) is 2.59. The molecule has 1 aromatic heterocycles. The summed E-state index contributed by atoms with van der Waals surface area (Å²) in [5.74, 6) is 0.257. The summed E-state index contributed by atoms with van der Waals surface area (Å²) in [6.07, 6.45) is 1.43. The van der Waals surface area contributed by atoms with Crippen LogP contribution in [0, 0.1) is 6.92 Å². The SMILES string of the molecule is CCOC(=O)c1coc2c(OC)c3cccc(C)c3cc12. The molecule has 0 spiro atoms. The lowest BCUT2D eigenvalue weighted by Crippen LogP contribution is -2.03. The summed E-state index contributed by atoms with van der Waals surface area (Å²) < 4.78 is 16.1. The van der Waals surface area contributed by atoms with Gasteiger partial charge in [-0.1, -0.05) is 18.2 Å². The lowest BCUT2D eigenvalue weighted by atomic mass is 10.0. The van der Waals surface area contributed by atoms with E-state index in [1.807, 2.05) is 31.2 Å². The Hall–Kier alpha value is -2.49. The molecule has 0 bridgehead atoms. The van der Waals surface area contributed by atoms with Crippen molar-refractivity contribution in [1.82, 2.24) is 0 Å². The van der Waals surface area contributed by atoms with Crippen molar-refractivity contribution in [2.24, 2.45) is 0 Å². The van der Waals surface area contributed by atoms with Gasteiger partial charge >= 0.3 is 5.97 Å². The average Bonchev–Trinajstić information content (AvgIpc) is 2.89. The molecule has 4 nitrogen and oxygen atoms in total. The van der Waals surface area contributed by atoms with E-state index in [0.717, 1.165) is 16.3 Å². The van der Waals surface area contributed by atoms with Crippen molar-refractivity contribution in [2.45, 2.75) is 13.8 Å². The highest BCUT2D eigenvalue weighted by molar-refractivity contribution is 6.11. The molecule has 0 fully saturated rings. The fraction of sp³-hybridized carbons (Fsp3) is 0.235. The van der Waals surface area contributed by atoms with Crippen LogP contribution in [0.4, 0.5) is 0 Å². The van der Waals surface area contributed by atoms with Crippen LogP contribution in [0.25, 0.3) is 21.7 Å². The molecule has 0 radical (unpaired) electrons. The number of furan rings is 1. The summed E-state index contributed by atoms with van der Waals surface area (Å²) >= 11 is 0. The van der Waals surface area contributed by atoms with E-state index >= 15 is 0 Å². The number of carbonyl (C=O) groups is 1. The quantitative estimate of drug-likeness (QED) is 0.680. The van der Waals surface area contributed by atoms with Gasteiger partial charge in [0, 0.05) is 10.8 Å². The number of fused-ring (bicyclic) bond motifs is 2. The number of ether oxygens (including phenoxy) is 2. The predicted molar refractivity (Wildman–Crippen MR) is 81.0 cm³/mol. The van der Waals surface area contributed by atoms with Crippen molar-refractivity contribution in [3.63, 3.8) is 0 Å². The van der Waals surface area contributed by atoms with Crippen LogP contribution < -0.4 is 4.74 Å². The first kappa shape index (κ1) is 13.5. The maximum absolute atomic E-state index is 12.0. The Labute approximate surface area is 122 Å². The fourth-order valence-corrected chi connectivity index (χ4v) is 2.59. The second-order valence-electron chi connectivity index (χ2n) is 4.83. The molecule has 0 aliphatic carbocycles. The Morgan fingerprint density at radius 2 is 2.05 bits per heavy atom. The Balaban J connectivity index is 2.37.